The van der Waals surface area contributed by atoms with E-state index in [-0.39, 0.29) is 6.04 Å². The van der Waals surface area contributed by atoms with Crippen LogP contribution in [0.3, 0.4) is 0 Å². The standard InChI is InChI=1S/C11H25N3/c1-9(2)13-5-7-14(8-6-13)11(4)10(3)12/h9-11H,5-8,12H2,1-4H3. The third-order valence-corrected chi connectivity index (χ3v) is 3.42. The van der Waals surface area contributed by atoms with E-state index in [1.807, 2.05) is 0 Å². The summed E-state index contributed by atoms with van der Waals surface area (Å²) in [5.74, 6) is 0. The Hall–Kier alpha value is -0.120. The number of piperazine rings is 1. The van der Waals surface area contributed by atoms with E-state index in [1.165, 1.54) is 26.2 Å². The Kier molecular flexibility index (Phi) is 4.35. The Morgan fingerprint density at radius 2 is 1.29 bits per heavy atom. The molecule has 1 heterocycles. The van der Waals surface area contributed by atoms with E-state index >= 15 is 0 Å². The SMILES string of the molecule is CC(N)C(C)N1CCN(C(C)C)CC1. The van der Waals surface area contributed by atoms with Gasteiger partial charge < -0.3 is 5.73 Å². The quantitative estimate of drug-likeness (QED) is 0.728. The average Bonchev–Trinajstić information content (AvgIpc) is 2.16. The molecule has 1 fully saturated rings. The van der Waals surface area contributed by atoms with Gasteiger partial charge in [-0.1, -0.05) is 0 Å². The van der Waals surface area contributed by atoms with Crippen molar-refractivity contribution < 1.29 is 0 Å². The molecule has 3 heteroatoms. The van der Waals surface area contributed by atoms with Gasteiger partial charge in [-0.15, -0.1) is 0 Å². The predicted octanol–water partition coefficient (Wildman–Crippen LogP) is 0.748. The van der Waals surface area contributed by atoms with Gasteiger partial charge in [-0.2, -0.15) is 0 Å². The first-order chi connectivity index (χ1) is 6.52. The fourth-order valence-electron chi connectivity index (χ4n) is 1.99. The van der Waals surface area contributed by atoms with Gasteiger partial charge in [-0.05, 0) is 27.7 Å². The van der Waals surface area contributed by atoms with Crippen LogP contribution in [-0.2, 0) is 0 Å². The van der Waals surface area contributed by atoms with Crippen LogP contribution in [0.25, 0.3) is 0 Å². The average molecular weight is 199 g/mol. The molecule has 0 aromatic carbocycles. The summed E-state index contributed by atoms with van der Waals surface area (Å²) >= 11 is 0. The molecule has 0 spiro atoms. The smallest absolute Gasteiger partial charge is 0.0217 e. The second-order valence-electron chi connectivity index (χ2n) is 4.77. The molecule has 1 aliphatic heterocycles. The van der Waals surface area contributed by atoms with E-state index in [0.717, 1.165) is 0 Å². The summed E-state index contributed by atoms with van der Waals surface area (Å²) in [7, 11) is 0. The van der Waals surface area contributed by atoms with Gasteiger partial charge in [0.1, 0.15) is 0 Å². The lowest BCUT2D eigenvalue weighted by Crippen LogP contribution is -2.54. The maximum atomic E-state index is 5.91. The van der Waals surface area contributed by atoms with Gasteiger partial charge in [0.15, 0.2) is 0 Å². The molecule has 3 nitrogen and oxygen atoms in total. The minimum absolute atomic E-state index is 0.278. The van der Waals surface area contributed by atoms with E-state index in [0.29, 0.717) is 12.1 Å². The summed E-state index contributed by atoms with van der Waals surface area (Å²) in [5.41, 5.74) is 5.91. The third-order valence-electron chi connectivity index (χ3n) is 3.42. The zero-order valence-corrected chi connectivity index (χ0v) is 10.0. The van der Waals surface area contributed by atoms with E-state index in [9.17, 15) is 0 Å². The van der Waals surface area contributed by atoms with Crippen LogP contribution in [0.5, 0.6) is 0 Å². The number of hydrogen-bond donors (Lipinski definition) is 1. The number of hydrogen-bond acceptors (Lipinski definition) is 3. The Bertz CT molecular complexity index is 160. The predicted molar refractivity (Wildman–Crippen MR) is 61.4 cm³/mol. The van der Waals surface area contributed by atoms with Crippen molar-refractivity contribution in [2.75, 3.05) is 26.2 Å². The van der Waals surface area contributed by atoms with Crippen molar-refractivity contribution in [3.05, 3.63) is 0 Å². The topological polar surface area (TPSA) is 32.5 Å². The van der Waals surface area contributed by atoms with E-state index in [4.69, 9.17) is 5.73 Å². The molecule has 0 aromatic rings. The van der Waals surface area contributed by atoms with Gasteiger partial charge in [-0.25, -0.2) is 0 Å². The summed E-state index contributed by atoms with van der Waals surface area (Å²) in [5, 5.41) is 0. The van der Waals surface area contributed by atoms with Crippen molar-refractivity contribution >= 4 is 0 Å². The summed E-state index contributed by atoms with van der Waals surface area (Å²) in [6.07, 6.45) is 0. The van der Waals surface area contributed by atoms with Gasteiger partial charge in [0.05, 0.1) is 0 Å². The zero-order valence-electron chi connectivity index (χ0n) is 10.0. The normalized spacial score (nSPS) is 25.3. The minimum atomic E-state index is 0.278. The number of rotatable bonds is 3. The van der Waals surface area contributed by atoms with Crippen LogP contribution in [0.2, 0.25) is 0 Å². The molecule has 0 saturated carbocycles. The van der Waals surface area contributed by atoms with Crippen molar-refractivity contribution in [1.29, 1.82) is 0 Å². The van der Waals surface area contributed by atoms with Crippen molar-refractivity contribution in [3.63, 3.8) is 0 Å². The minimum Gasteiger partial charge on any atom is -0.327 e. The van der Waals surface area contributed by atoms with Gasteiger partial charge in [-0.3, -0.25) is 9.80 Å². The highest BCUT2D eigenvalue weighted by atomic mass is 15.3. The second kappa shape index (κ2) is 5.10. The van der Waals surface area contributed by atoms with E-state index in [1.54, 1.807) is 0 Å². The molecule has 0 radical (unpaired) electrons. The molecule has 84 valence electrons. The zero-order chi connectivity index (χ0) is 10.7. The van der Waals surface area contributed by atoms with E-state index in [2.05, 4.69) is 37.5 Å². The molecule has 2 unspecified atom stereocenters. The van der Waals surface area contributed by atoms with Crippen LogP contribution in [0.1, 0.15) is 27.7 Å². The molecule has 1 rings (SSSR count). The highest BCUT2D eigenvalue weighted by Crippen LogP contribution is 2.10. The van der Waals surface area contributed by atoms with Crippen LogP contribution >= 0.6 is 0 Å². The summed E-state index contributed by atoms with van der Waals surface area (Å²) in [6.45, 7) is 13.6. The van der Waals surface area contributed by atoms with Crippen molar-refractivity contribution in [1.82, 2.24) is 9.80 Å². The molecule has 0 bridgehead atoms. The largest absolute Gasteiger partial charge is 0.327 e. The molecular weight excluding hydrogens is 174 g/mol. The molecule has 0 amide bonds. The first-order valence-electron chi connectivity index (χ1n) is 5.76. The van der Waals surface area contributed by atoms with Crippen LogP contribution in [0.4, 0.5) is 0 Å². The van der Waals surface area contributed by atoms with Crippen LogP contribution in [0.15, 0.2) is 0 Å². The molecule has 1 aliphatic rings. The molecule has 2 atom stereocenters. The summed E-state index contributed by atoms with van der Waals surface area (Å²) < 4.78 is 0. The highest BCUT2D eigenvalue weighted by molar-refractivity contribution is 4.81. The lowest BCUT2D eigenvalue weighted by molar-refractivity contribution is 0.0769. The molecular formula is C11H25N3. The number of nitrogens with zero attached hydrogens (tertiary/aromatic N) is 2. The fourth-order valence-corrected chi connectivity index (χ4v) is 1.99. The van der Waals surface area contributed by atoms with Gasteiger partial charge in [0, 0.05) is 44.3 Å². The van der Waals surface area contributed by atoms with Gasteiger partial charge >= 0.3 is 0 Å². The molecule has 2 N–H and O–H groups in total. The van der Waals surface area contributed by atoms with Crippen LogP contribution < -0.4 is 5.73 Å². The van der Waals surface area contributed by atoms with Crippen LogP contribution in [-0.4, -0.2) is 54.1 Å². The molecule has 0 aromatic heterocycles. The second-order valence-corrected chi connectivity index (χ2v) is 4.77. The van der Waals surface area contributed by atoms with Crippen molar-refractivity contribution in [3.8, 4) is 0 Å². The summed E-state index contributed by atoms with van der Waals surface area (Å²) in [6, 6.07) is 1.48. The molecule has 0 aliphatic carbocycles. The van der Waals surface area contributed by atoms with E-state index < -0.39 is 0 Å². The first kappa shape index (κ1) is 12.0. The van der Waals surface area contributed by atoms with Gasteiger partial charge in [0.2, 0.25) is 0 Å². The van der Waals surface area contributed by atoms with Gasteiger partial charge in [0.25, 0.3) is 0 Å². The molecule has 1 saturated heterocycles. The van der Waals surface area contributed by atoms with Crippen LogP contribution in [0, 0.1) is 0 Å². The first-order valence-corrected chi connectivity index (χ1v) is 5.76. The maximum absolute atomic E-state index is 5.91. The third kappa shape index (κ3) is 2.94. The monoisotopic (exact) mass is 199 g/mol. The Morgan fingerprint density at radius 1 is 0.857 bits per heavy atom. The number of nitrogens with two attached hydrogens (primary N) is 1. The Balaban J connectivity index is 2.35. The van der Waals surface area contributed by atoms with Crippen molar-refractivity contribution in [2.45, 2.75) is 45.8 Å². The van der Waals surface area contributed by atoms with Crippen molar-refractivity contribution in [2.24, 2.45) is 5.73 Å². The summed E-state index contributed by atoms with van der Waals surface area (Å²) in [4.78, 5) is 5.04. The molecule has 14 heavy (non-hydrogen) atoms. The maximum Gasteiger partial charge on any atom is 0.0217 e. The lowest BCUT2D eigenvalue weighted by Gasteiger charge is -2.40. The highest BCUT2D eigenvalue weighted by Gasteiger charge is 2.23. The Morgan fingerprint density at radius 3 is 1.64 bits per heavy atom. The Labute approximate surface area is 88.2 Å². The fraction of sp³-hybridized carbons (Fsp3) is 1.00. The lowest BCUT2D eigenvalue weighted by atomic mass is 10.1.